The van der Waals surface area contributed by atoms with E-state index in [4.69, 9.17) is 0 Å². The van der Waals surface area contributed by atoms with Crippen LogP contribution in [-0.4, -0.2) is 36.0 Å². The van der Waals surface area contributed by atoms with E-state index in [-0.39, 0.29) is 10.6 Å². The summed E-state index contributed by atoms with van der Waals surface area (Å²) >= 11 is 3.40. The minimum atomic E-state index is -0.376. The topological polar surface area (TPSA) is 58.4 Å². The summed E-state index contributed by atoms with van der Waals surface area (Å²) < 4.78 is 0.794. The van der Waals surface area contributed by atoms with Gasteiger partial charge in [0.05, 0.1) is 4.92 Å². The third kappa shape index (κ3) is 3.99. The van der Waals surface area contributed by atoms with Crippen LogP contribution in [0.3, 0.4) is 0 Å². The zero-order valence-corrected chi connectivity index (χ0v) is 12.5. The molecule has 1 fully saturated rings. The van der Waals surface area contributed by atoms with E-state index in [1.807, 2.05) is 6.07 Å². The predicted molar refractivity (Wildman–Crippen MR) is 78.2 cm³/mol. The Balaban J connectivity index is 1.91. The number of benzene rings is 1. The highest BCUT2D eigenvalue weighted by Crippen LogP contribution is 2.23. The maximum absolute atomic E-state index is 10.7. The number of nitrogens with zero attached hydrogens (tertiary/aromatic N) is 2. The number of hydrogen-bond acceptors (Lipinski definition) is 4. The molecule has 1 aromatic rings. The zero-order valence-electron chi connectivity index (χ0n) is 10.9. The molecule has 1 aromatic carbocycles. The molecule has 0 spiro atoms. The summed E-state index contributed by atoms with van der Waals surface area (Å²) in [5.74, 6) is 0. The van der Waals surface area contributed by atoms with Crippen LogP contribution in [0, 0.1) is 10.1 Å². The molecule has 0 bridgehead atoms. The van der Waals surface area contributed by atoms with Gasteiger partial charge in [0.15, 0.2) is 0 Å². The monoisotopic (exact) mass is 327 g/mol. The van der Waals surface area contributed by atoms with Crippen LogP contribution in [0.2, 0.25) is 0 Å². The fourth-order valence-corrected chi connectivity index (χ4v) is 2.77. The fourth-order valence-electron chi connectivity index (χ4n) is 2.26. The second kappa shape index (κ2) is 6.45. The molecular weight excluding hydrogens is 310 g/mol. The molecule has 104 valence electrons. The Morgan fingerprint density at radius 3 is 2.74 bits per heavy atom. The number of hydrogen-bond donors (Lipinski definition) is 1. The third-order valence-electron chi connectivity index (χ3n) is 3.55. The number of likely N-dealkylation sites (tertiary alicyclic amines) is 1. The largest absolute Gasteiger partial charge is 0.310 e. The second-order valence-corrected chi connectivity index (χ2v) is 5.85. The van der Waals surface area contributed by atoms with Crippen LogP contribution in [0.25, 0.3) is 0 Å². The first kappa shape index (κ1) is 14.4. The molecular formula is C13H18BrN3O2. The maximum Gasteiger partial charge on any atom is 0.270 e. The summed E-state index contributed by atoms with van der Waals surface area (Å²) in [5, 5.41) is 14.2. The van der Waals surface area contributed by atoms with Gasteiger partial charge in [0.2, 0.25) is 0 Å². The van der Waals surface area contributed by atoms with Crippen molar-refractivity contribution in [1.29, 1.82) is 0 Å². The van der Waals surface area contributed by atoms with E-state index in [1.165, 1.54) is 0 Å². The van der Waals surface area contributed by atoms with Gasteiger partial charge in [0, 0.05) is 29.2 Å². The van der Waals surface area contributed by atoms with Crippen molar-refractivity contribution in [2.24, 2.45) is 0 Å². The zero-order chi connectivity index (χ0) is 13.8. The first-order chi connectivity index (χ1) is 9.06. The highest BCUT2D eigenvalue weighted by Gasteiger charge is 2.16. The average Bonchev–Trinajstić information content (AvgIpc) is 2.39. The molecule has 0 atom stereocenters. The molecule has 0 amide bonds. The van der Waals surface area contributed by atoms with Gasteiger partial charge in [-0.3, -0.25) is 10.1 Å². The van der Waals surface area contributed by atoms with E-state index in [9.17, 15) is 10.1 Å². The van der Waals surface area contributed by atoms with Crippen LogP contribution < -0.4 is 5.32 Å². The number of nitro benzene ring substituents is 1. The smallest absolute Gasteiger partial charge is 0.270 e. The highest BCUT2D eigenvalue weighted by molar-refractivity contribution is 9.10. The van der Waals surface area contributed by atoms with Crippen molar-refractivity contribution in [3.8, 4) is 0 Å². The van der Waals surface area contributed by atoms with Crippen molar-refractivity contribution in [1.82, 2.24) is 10.2 Å². The number of nitro groups is 1. The lowest BCUT2D eigenvalue weighted by atomic mass is 10.1. The lowest BCUT2D eigenvalue weighted by Gasteiger charge is -2.29. The van der Waals surface area contributed by atoms with Crippen molar-refractivity contribution in [3.63, 3.8) is 0 Å². The summed E-state index contributed by atoms with van der Waals surface area (Å²) in [6.45, 7) is 2.99. The lowest BCUT2D eigenvalue weighted by molar-refractivity contribution is -0.384. The Kier molecular flexibility index (Phi) is 4.90. The fraction of sp³-hybridized carbons (Fsp3) is 0.538. The van der Waals surface area contributed by atoms with Crippen LogP contribution in [0.15, 0.2) is 22.7 Å². The Hall–Kier alpha value is -0.980. The quantitative estimate of drug-likeness (QED) is 0.682. The predicted octanol–water partition coefficient (Wildman–Crippen LogP) is 2.54. The van der Waals surface area contributed by atoms with Gasteiger partial charge in [-0.05, 0) is 44.6 Å². The van der Waals surface area contributed by atoms with Gasteiger partial charge in [-0.15, -0.1) is 0 Å². The molecule has 0 unspecified atom stereocenters. The number of rotatable bonds is 4. The summed E-state index contributed by atoms with van der Waals surface area (Å²) in [5.41, 5.74) is 1.18. The third-order valence-corrected chi connectivity index (χ3v) is 4.29. The molecule has 6 heteroatoms. The molecule has 1 aliphatic heterocycles. The second-order valence-electron chi connectivity index (χ2n) is 4.99. The van der Waals surface area contributed by atoms with Crippen molar-refractivity contribution in [2.75, 3.05) is 20.1 Å². The molecule has 5 nitrogen and oxygen atoms in total. The van der Waals surface area contributed by atoms with Gasteiger partial charge < -0.3 is 10.2 Å². The molecule has 19 heavy (non-hydrogen) atoms. The molecule has 0 saturated carbocycles. The minimum absolute atomic E-state index is 0.120. The van der Waals surface area contributed by atoms with E-state index >= 15 is 0 Å². The summed E-state index contributed by atoms with van der Waals surface area (Å²) in [7, 11) is 2.14. The van der Waals surface area contributed by atoms with Crippen LogP contribution in [-0.2, 0) is 6.54 Å². The Morgan fingerprint density at radius 2 is 2.16 bits per heavy atom. The van der Waals surface area contributed by atoms with Gasteiger partial charge >= 0.3 is 0 Å². The van der Waals surface area contributed by atoms with E-state index in [1.54, 1.807) is 12.1 Å². The number of piperidine rings is 1. The molecule has 0 radical (unpaired) electrons. The SMILES string of the molecule is CN1CCC(NCc2ccc([N+](=O)[O-])cc2Br)CC1. The van der Waals surface area contributed by atoms with Crippen LogP contribution >= 0.6 is 15.9 Å². The van der Waals surface area contributed by atoms with E-state index in [0.717, 1.165) is 42.5 Å². The van der Waals surface area contributed by atoms with Crippen LogP contribution in [0.1, 0.15) is 18.4 Å². The van der Waals surface area contributed by atoms with Crippen LogP contribution in [0.4, 0.5) is 5.69 Å². The number of non-ortho nitro benzene ring substituents is 1. The lowest BCUT2D eigenvalue weighted by Crippen LogP contribution is -2.40. The van der Waals surface area contributed by atoms with E-state index in [2.05, 4.69) is 33.2 Å². The Morgan fingerprint density at radius 1 is 1.47 bits per heavy atom. The summed E-state index contributed by atoms with van der Waals surface area (Å²) in [6.07, 6.45) is 2.31. The molecule has 1 saturated heterocycles. The maximum atomic E-state index is 10.7. The highest BCUT2D eigenvalue weighted by atomic mass is 79.9. The van der Waals surface area contributed by atoms with Gasteiger partial charge in [0.1, 0.15) is 0 Å². The van der Waals surface area contributed by atoms with Crippen molar-refractivity contribution < 1.29 is 4.92 Å². The molecule has 1 heterocycles. The minimum Gasteiger partial charge on any atom is -0.310 e. The molecule has 0 aliphatic carbocycles. The van der Waals surface area contributed by atoms with Crippen molar-refractivity contribution >= 4 is 21.6 Å². The normalized spacial score (nSPS) is 17.6. The van der Waals surface area contributed by atoms with E-state index in [0.29, 0.717) is 6.04 Å². The van der Waals surface area contributed by atoms with Crippen LogP contribution in [0.5, 0.6) is 0 Å². The number of halogens is 1. The van der Waals surface area contributed by atoms with Crippen molar-refractivity contribution in [3.05, 3.63) is 38.3 Å². The Labute approximate surface area is 121 Å². The first-order valence-electron chi connectivity index (χ1n) is 6.41. The molecule has 1 N–H and O–H groups in total. The summed E-state index contributed by atoms with van der Waals surface area (Å²) in [4.78, 5) is 12.6. The summed E-state index contributed by atoms with van der Waals surface area (Å²) in [6, 6.07) is 5.46. The number of nitrogens with one attached hydrogen (secondary N) is 1. The van der Waals surface area contributed by atoms with E-state index < -0.39 is 0 Å². The average molecular weight is 328 g/mol. The van der Waals surface area contributed by atoms with Crippen molar-refractivity contribution in [2.45, 2.75) is 25.4 Å². The molecule has 2 rings (SSSR count). The first-order valence-corrected chi connectivity index (χ1v) is 7.20. The molecule has 0 aromatic heterocycles. The van der Waals surface area contributed by atoms with Gasteiger partial charge in [-0.1, -0.05) is 15.9 Å². The van der Waals surface area contributed by atoms with Gasteiger partial charge in [-0.2, -0.15) is 0 Å². The standard InChI is InChI=1S/C13H18BrN3O2/c1-16-6-4-11(5-7-16)15-9-10-2-3-12(17(18)19)8-13(10)14/h2-3,8,11,15H,4-7,9H2,1H3. The van der Waals surface area contributed by atoms with Gasteiger partial charge in [0.25, 0.3) is 5.69 Å². The van der Waals surface area contributed by atoms with Gasteiger partial charge in [-0.25, -0.2) is 0 Å². The molecule has 1 aliphatic rings. The Bertz CT molecular complexity index is 459.